The maximum absolute atomic E-state index is 10.6. The van der Waals surface area contributed by atoms with Gasteiger partial charge in [-0.2, -0.15) is 0 Å². The Kier molecular flexibility index (Phi) is 1.81. The molecule has 0 aromatic carbocycles. The highest BCUT2D eigenvalue weighted by Gasteiger charge is 2.06. The van der Waals surface area contributed by atoms with E-state index in [0.717, 1.165) is 9.99 Å². The third-order valence-electron chi connectivity index (χ3n) is 1.71. The largest absolute Gasteiger partial charge is 0.476 e. The van der Waals surface area contributed by atoms with Gasteiger partial charge in [-0.05, 0) is 22.0 Å². The molecule has 0 saturated carbocycles. The maximum Gasteiger partial charge on any atom is 0.356 e. The summed E-state index contributed by atoms with van der Waals surface area (Å²) in [5.41, 5.74) is 0.889. The molecule has 2 aromatic heterocycles. The van der Waals surface area contributed by atoms with E-state index in [1.54, 1.807) is 10.6 Å². The molecule has 0 aliphatic rings. The molecule has 0 aliphatic heterocycles. The molecule has 0 unspecified atom stereocenters. The summed E-state index contributed by atoms with van der Waals surface area (Å²) in [4.78, 5) is 14.4. The van der Waals surface area contributed by atoms with Crippen LogP contribution in [0.2, 0.25) is 0 Å². The summed E-state index contributed by atoms with van der Waals surface area (Å²) in [5, 5.41) is 8.66. The number of hydrogen-bond acceptors (Lipinski definition) is 2. The maximum atomic E-state index is 10.6. The van der Waals surface area contributed by atoms with E-state index in [9.17, 15) is 4.79 Å². The molecule has 0 saturated heterocycles. The van der Waals surface area contributed by atoms with Gasteiger partial charge in [-0.1, -0.05) is 0 Å². The quantitative estimate of drug-likeness (QED) is 0.828. The summed E-state index contributed by atoms with van der Waals surface area (Å²) in [6, 6.07) is 1.84. The number of fused-ring (bicyclic) bond motifs is 1. The van der Waals surface area contributed by atoms with E-state index < -0.39 is 5.97 Å². The second-order valence-electron chi connectivity index (χ2n) is 2.53. The second kappa shape index (κ2) is 2.85. The van der Waals surface area contributed by atoms with Crippen molar-refractivity contribution in [1.82, 2.24) is 9.38 Å². The molecule has 5 heteroatoms. The molecule has 0 radical (unpaired) electrons. The average molecular weight is 241 g/mol. The number of aromatic carboxylic acids is 1. The zero-order valence-corrected chi connectivity index (χ0v) is 8.02. The van der Waals surface area contributed by atoms with Crippen molar-refractivity contribution in [2.45, 2.75) is 0 Å². The van der Waals surface area contributed by atoms with E-state index in [1.165, 1.54) is 12.4 Å². The van der Waals surface area contributed by atoms with E-state index in [1.807, 2.05) is 6.07 Å². The SMILES string of the molecule is O=C(O)c1cn2ccc(Br)c2cn1. The molecule has 4 nitrogen and oxygen atoms in total. The highest BCUT2D eigenvalue weighted by molar-refractivity contribution is 9.10. The molecule has 0 bridgehead atoms. The predicted molar refractivity (Wildman–Crippen MR) is 49.9 cm³/mol. The topological polar surface area (TPSA) is 54.6 Å². The van der Waals surface area contributed by atoms with Crippen molar-refractivity contribution in [3.8, 4) is 0 Å². The van der Waals surface area contributed by atoms with Gasteiger partial charge in [0.25, 0.3) is 0 Å². The Morgan fingerprint density at radius 3 is 3.08 bits per heavy atom. The lowest BCUT2D eigenvalue weighted by atomic mass is 10.4. The first-order chi connectivity index (χ1) is 6.18. The summed E-state index contributed by atoms with van der Waals surface area (Å²) in [5.74, 6) is -1.02. The normalized spacial score (nSPS) is 10.5. The van der Waals surface area contributed by atoms with Gasteiger partial charge >= 0.3 is 5.97 Å². The van der Waals surface area contributed by atoms with E-state index >= 15 is 0 Å². The summed E-state index contributed by atoms with van der Waals surface area (Å²) in [7, 11) is 0. The van der Waals surface area contributed by atoms with Gasteiger partial charge < -0.3 is 9.51 Å². The standard InChI is InChI=1S/C8H5BrN2O2/c9-5-1-2-11-4-6(8(12)13)10-3-7(5)11/h1-4H,(H,12,13). The van der Waals surface area contributed by atoms with Crippen molar-refractivity contribution in [3.05, 3.63) is 34.8 Å². The van der Waals surface area contributed by atoms with Crippen molar-refractivity contribution in [2.24, 2.45) is 0 Å². The van der Waals surface area contributed by atoms with Crippen molar-refractivity contribution in [2.75, 3.05) is 0 Å². The highest BCUT2D eigenvalue weighted by atomic mass is 79.9. The molecule has 13 heavy (non-hydrogen) atoms. The minimum absolute atomic E-state index is 0.0376. The molecule has 66 valence electrons. The van der Waals surface area contributed by atoms with Gasteiger partial charge in [0, 0.05) is 16.9 Å². The van der Waals surface area contributed by atoms with Crippen molar-refractivity contribution >= 4 is 27.4 Å². The van der Waals surface area contributed by atoms with Crippen LogP contribution in [0.25, 0.3) is 5.52 Å². The average Bonchev–Trinajstić information content (AvgIpc) is 2.47. The first kappa shape index (κ1) is 8.25. The van der Waals surface area contributed by atoms with Gasteiger partial charge in [0.2, 0.25) is 0 Å². The summed E-state index contributed by atoms with van der Waals surface area (Å²) < 4.78 is 2.61. The van der Waals surface area contributed by atoms with Crippen LogP contribution in [0.15, 0.2) is 29.1 Å². The summed E-state index contributed by atoms with van der Waals surface area (Å²) in [6.45, 7) is 0. The van der Waals surface area contributed by atoms with Crippen LogP contribution >= 0.6 is 15.9 Å². The van der Waals surface area contributed by atoms with Crippen LogP contribution in [0, 0.1) is 0 Å². The van der Waals surface area contributed by atoms with Crippen molar-refractivity contribution in [1.29, 1.82) is 0 Å². The van der Waals surface area contributed by atoms with E-state index in [4.69, 9.17) is 5.11 Å². The van der Waals surface area contributed by atoms with Crippen LogP contribution in [0.1, 0.15) is 10.5 Å². The number of aromatic nitrogens is 2. The Labute approximate surface area is 82.0 Å². The van der Waals surface area contributed by atoms with E-state index in [2.05, 4.69) is 20.9 Å². The summed E-state index contributed by atoms with van der Waals surface area (Å²) >= 11 is 3.32. The van der Waals surface area contributed by atoms with Gasteiger partial charge in [-0.3, -0.25) is 0 Å². The molecule has 2 rings (SSSR count). The van der Waals surface area contributed by atoms with Crippen molar-refractivity contribution < 1.29 is 9.90 Å². The van der Waals surface area contributed by atoms with Gasteiger partial charge in [0.1, 0.15) is 0 Å². The molecule has 0 spiro atoms. The molecular weight excluding hydrogens is 236 g/mol. The van der Waals surface area contributed by atoms with Gasteiger partial charge in [-0.25, -0.2) is 9.78 Å². The monoisotopic (exact) mass is 240 g/mol. The minimum Gasteiger partial charge on any atom is -0.476 e. The van der Waals surface area contributed by atoms with Crippen LogP contribution in [-0.4, -0.2) is 20.5 Å². The number of rotatable bonds is 1. The second-order valence-corrected chi connectivity index (χ2v) is 3.39. The third kappa shape index (κ3) is 1.31. The number of halogens is 1. The lowest BCUT2D eigenvalue weighted by Gasteiger charge is -1.96. The van der Waals surface area contributed by atoms with Crippen LogP contribution in [0.4, 0.5) is 0 Å². The number of hydrogen-bond donors (Lipinski definition) is 1. The lowest BCUT2D eigenvalue weighted by Crippen LogP contribution is -2.01. The zero-order valence-electron chi connectivity index (χ0n) is 6.44. The van der Waals surface area contributed by atoms with E-state index in [0.29, 0.717) is 0 Å². The molecule has 1 N–H and O–H groups in total. The molecule has 2 aromatic rings. The molecule has 0 aliphatic carbocycles. The smallest absolute Gasteiger partial charge is 0.356 e. The van der Waals surface area contributed by atoms with Crippen LogP contribution in [-0.2, 0) is 0 Å². The van der Waals surface area contributed by atoms with Gasteiger partial charge in [0.15, 0.2) is 5.69 Å². The van der Waals surface area contributed by atoms with Crippen LogP contribution in [0.3, 0.4) is 0 Å². The third-order valence-corrected chi connectivity index (χ3v) is 2.38. The number of carboxylic acids is 1. The van der Waals surface area contributed by atoms with Gasteiger partial charge in [0.05, 0.1) is 11.7 Å². The zero-order chi connectivity index (χ0) is 9.42. The van der Waals surface area contributed by atoms with Crippen LogP contribution in [0.5, 0.6) is 0 Å². The molecule has 0 fully saturated rings. The van der Waals surface area contributed by atoms with Crippen molar-refractivity contribution in [3.63, 3.8) is 0 Å². The first-order valence-electron chi connectivity index (χ1n) is 3.54. The fraction of sp³-hybridized carbons (Fsp3) is 0. The Morgan fingerprint density at radius 1 is 1.62 bits per heavy atom. The molecule has 0 amide bonds. The van der Waals surface area contributed by atoms with Gasteiger partial charge in [-0.15, -0.1) is 0 Å². The van der Waals surface area contributed by atoms with Crippen LogP contribution < -0.4 is 0 Å². The molecular formula is C8H5BrN2O2. The Morgan fingerprint density at radius 2 is 2.38 bits per heavy atom. The predicted octanol–water partition coefficient (Wildman–Crippen LogP) is 1.79. The Balaban J connectivity index is 2.70. The molecule has 2 heterocycles. The Hall–Kier alpha value is -1.36. The highest BCUT2D eigenvalue weighted by Crippen LogP contribution is 2.18. The Bertz CT molecular complexity index is 478. The lowest BCUT2D eigenvalue weighted by molar-refractivity contribution is 0.0690. The minimum atomic E-state index is -1.02. The number of carboxylic acid groups (broad SMARTS) is 1. The fourth-order valence-corrected chi connectivity index (χ4v) is 1.51. The number of carbonyl (C=O) groups is 1. The van der Waals surface area contributed by atoms with E-state index in [-0.39, 0.29) is 5.69 Å². The fourth-order valence-electron chi connectivity index (χ4n) is 1.08. The molecule has 0 atom stereocenters. The summed E-state index contributed by atoms with van der Waals surface area (Å²) in [6.07, 6.45) is 4.77. The first-order valence-corrected chi connectivity index (χ1v) is 4.33. The number of nitrogens with zero attached hydrogens (tertiary/aromatic N) is 2.